The second kappa shape index (κ2) is 6.43. The number of ether oxygens (including phenoxy) is 2. The van der Waals surface area contributed by atoms with Gasteiger partial charge in [-0.05, 0) is 48.9 Å². The van der Waals surface area contributed by atoms with E-state index in [1.54, 1.807) is 0 Å². The lowest BCUT2D eigenvalue weighted by Crippen LogP contribution is -2.24. The van der Waals surface area contributed by atoms with Gasteiger partial charge in [-0.25, -0.2) is 4.99 Å². The molecule has 0 spiro atoms. The van der Waals surface area contributed by atoms with Crippen molar-refractivity contribution >= 4 is 11.6 Å². The maximum Gasteiger partial charge on any atom is 0.231 e. The molecule has 1 aliphatic carbocycles. The van der Waals surface area contributed by atoms with Crippen LogP contribution in [0, 0.1) is 0 Å². The van der Waals surface area contributed by atoms with Crippen molar-refractivity contribution in [2.24, 2.45) is 10.7 Å². The van der Waals surface area contributed by atoms with Crippen molar-refractivity contribution in [1.82, 2.24) is 0 Å². The first kappa shape index (κ1) is 14.9. The summed E-state index contributed by atoms with van der Waals surface area (Å²) in [6.07, 6.45) is 4.75. The van der Waals surface area contributed by atoms with Crippen molar-refractivity contribution < 1.29 is 9.47 Å². The molecular weight excluding hydrogens is 302 g/mol. The molecule has 0 fully saturated rings. The number of hydrogen-bond acceptors (Lipinski definition) is 3. The molecule has 0 amide bonds. The molecule has 2 aliphatic rings. The zero-order chi connectivity index (χ0) is 16.4. The minimum atomic E-state index is 0.264. The van der Waals surface area contributed by atoms with E-state index in [4.69, 9.17) is 15.2 Å². The molecule has 1 aliphatic heterocycles. The zero-order valence-electron chi connectivity index (χ0n) is 13.5. The number of benzene rings is 2. The Morgan fingerprint density at radius 2 is 1.96 bits per heavy atom. The van der Waals surface area contributed by atoms with Gasteiger partial charge in [-0.1, -0.05) is 24.3 Å². The van der Waals surface area contributed by atoms with Crippen LogP contribution in [-0.2, 0) is 19.4 Å². The number of nitrogens with two attached hydrogens (primary N) is 1. The molecule has 5 nitrogen and oxygen atoms in total. The third kappa shape index (κ3) is 2.89. The number of hydrogen-bond donors (Lipinski definition) is 2. The van der Waals surface area contributed by atoms with Gasteiger partial charge in [0, 0.05) is 11.3 Å². The highest BCUT2D eigenvalue weighted by Gasteiger charge is 2.17. The third-order valence-electron chi connectivity index (χ3n) is 4.56. The molecule has 0 radical (unpaired) electrons. The molecule has 0 saturated carbocycles. The van der Waals surface area contributed by atoms with Crippen LogP contribution in [0.4, 0.5) is 5.69 Å². The first-order valence-electron chi connectivity index (χ1n) is 8.36. The molecule has 5 heteroatoms. The summed E-state index contributed by atoms with van der Waals surface area (Å²) < 4.78 is 10.9. The maximum atomic E-state index is 6.10. The summed E-state index contributed by atoms with van der Waals surface area (Å²) in [5, 5.41) is 3.26. The predicted octanol–water partition coefficient (Wildman–Crippen LogP) is 3.22. The minimum Gasteiger partial charge on any atom is -0.454 e. The molecule has 0 unspecified atom stereocenters. The minimum absolute atomic E-state index is 0.264. The lowest BCUT2D eigenvalue weighted by atomic mass is 9.90. The lowest BCUT2D eigenvalue weighted by molar-refractivity contribution is 0.173. The summed E-state index contributed by atoms with van der Waals surface area (Å²) >= 11 is 0. The first-order valence-corrected chi connectivity index (χ1v) is 8.36. The Labute approximate surface area is 141 Å². The molecule has 0 bridgehead atoms. The highest BCUT2D eigenvalue weighted by molar-refractivity contribution is 5.93. The Bertz CT molecular complexity index is 786. The Morgan fingerprint density at radius 1 is 1.08 bits per heavy atom. The standard InChI is InChI=1S/C19H21N3O2/c20-19(21-11-14-7-4-10-17-18(14)24-12-23-17)22-16-9-3-6-13-5-1-2-8-15(13)16/h3-4,6-7,9-10H,1-2,5,8,11-12H2,(H3,20,21,22). The number of fused-ring (bicyclic) bond motifs is 2. The number of guanidine groups is 1. The van der Waals surface area contributed by atoms with E-state index in [-0.39, 0.29) is 6.79 Å². The van der Waals surface area contributed by atoms with E-state index in [1.165, 1.54) is 24.0 Å². The Kier molecular flexibility index (Phi) is 3.99. The van der Waals surface area contributed by atoms with E-state index in [0.717, 1.165) is 35.6 Å². The number of aryl methyl sites for hydroxylation is 1. The van der Waals surface area contributed by atoms with Crippen molar-refractivity contribution in [3.8, 4) is 11.5 Å². The van der Waals surface area contributed by atoms with Crippen LogP contribution in [-0.4, -0.2) is 12.8 Å². The molecule has 2 aromatic carbocycles. The van der Waals surface area contributed by atoms with Crippen LogP contribution < -0.4 is 20.5 Å². The second-order valence-corrected chi connectivity index (χ2v) is 6.13. The zero-order valence-corrected chi connectivity index (χ0v) is 13.5. The van der Waals surface area contributed by atoms with Gasteiger partial charge in [0.25, 0.3) is 0 Å². The van der Waals surface area contributed by atoms with E-state index in [0.29, 0.717) is 12.5 Å². The second-order valence-electron chi connectivity index (χ2n) is 6.13. The van der Waals surface area contributed by atoms with E-state index >= 15 is 0 Å². The normalized spacial score (nSPS) is 15.9. The van der Waals surface area contributed by atoms with Gasteiger partial charge in [-0.2, -0.15) is 0 Å². The predicted molar refractivity (Wildman–Crippen MR) is 94.6 cm³/mol. The van der Waals surface area contributed by atoms with E-state index in [9.17, 15) is 0 Å². The van der Waals surface area contributed by atoms with Gasteiger partial charge in [0.05, 0.1) is 6.54 Å². The van der Waals surface area contributed by atoms with E-state index in [2.05, 4.69) is 28.5 Å². The van der Waals surface area contributed by atoms with Crippen molar-refractivity contribution in [3.05, 3.63) is 53.1 Å². The summed E-state index contributed by atoms with van der Waals surface area (Å²) in [4.78, 5) is 4.46. The molecule has 0 aromatic heterocycles. The van der Waals surface area contributed by atoms with Crippen LogP contribution >= 0.6 is 0 Å². The first-order chi connectivity index (χ1) is 11.8. The van der Waals surface area contributed by atoms with E-state index in [1.807, 2.05) is 18.2 Å². The molecule has 0 saturated heterocycles. The van der Waals surface area contributed by atoms with Gasteiger partial charge in [0.2, 0.25) is 6.79 Å². The molecule has 24 heavy (non-hydrogen) atoms. The Hall–Kier alpha value is -2.69. The lowest BCUT2D eigenvalue weighted by Gasteiger charge is -2.19. The highest BCUT2D eigenvalue weighted by atomic mass is 16.7. The number of nitrogens with one attached hydrogen (secondary N) is 1. The molecule has 3 N–H and O–H groups in total. The summed E-state index contributed by atoms with van der Waals surface area (Å²) in [6.45, 7) is 0.723. The fourth-order valence-electron chi connectivity index (χ4n) is 3.36. The maximum absolute atomic E-state index is 6.10. The van der Waals surface area contributed by atoms with Gasteiger partial charge in [-0.3, -0.25) is 0 Å². The average molecular weight is 323 g/mol. The number of aliphatic imine (C=N–C) groups is 1. The smallest absolute Gasteiger partial charge is 0.231 e. The largest absolute Gasteiger partial charge is 0.454 e. The third-order valence-corrected chi connectivity index (χ3v) is 4.56. The number of anilines is 1. The van der Waals surface area contributed by atoms with Gasteiger partial charge < -0.3 is 20.5 Å². The van der Waals surface area contributed by atoms with Crippen LogP contribution in [0.5, 0.6) is 11.5 Å². The molecule has 2 aromatic rings. The van der Waals surface area contributed by atoms with E-state index < -0.39 is 0 Å². The van der Waals surface area contributed by atoms with Crippen LogP contribution in [0.3, 0.4) is 0 Å². The monoisotopic (exact) mass is 323 g/mol. The molecule has 124 valence electrons. The van der Waals surface area contributed by atoms with Gasteiger partial charge in [-0.15, -0.1) is 0 Å². The van der Waals surface area contributed by atoms with Crippen LogP contribution in [0.25, 0.3) is 0 Å². The number of nitrogens with zero attached hydrogens (tertiary/aromatic N) is 1. The Balaban J connectivity index is 1.50. The van der Waals surface area contributed by atoms with Gasteiger partial charge >= 0.3 is 0 Å². The van der Waals surface area contributed by atoms with Crippen molar-refractivity contribution in [2.75, 3.05) is 12.1 Å². The van der Waals surface area contributed by atoms with Gasteiger partial charge in [0.1, 0.15) is 0 Å². The van der Waals surface area contributed by atoms with Crippen molar-refractivity contribution in [2.45, 2.75) is 32.2 Å². The molecule has 1 heterocycles. The van der Waals surface area contributed by atoms with Gasteiger partial charge in [0.15, 0.2) is 17.5 Å². The quantitative estimate of drug-likeness (QED) is 0.672. The summed E-state index contributed by atoms with van der Waals surface area (Å²) in [5.41, 5.74) is 10.9. The summed E-state index contributed by atoms with van der Waals surface area (Å²) in [5.74, 6) is 1.96. The summed E-state index contributed by atoms with van der Waals surface area (Å²) in [6, 6.07) is 12.2. The van der Waals surface area contributed by atoms with Crippen LogP contribution in [0.15, 0.2) is 41.4 Å². The fourth-order valence-corrected chi connectivity index (χ4v) is 3.36. The number of rotatable bonds is 3. The van der Waals surface area contributed by atoms with Crippen molar-refractivity contribution in [3.63, 3.8) is 0 Å². The molecule has 4 rings (SSSR count). The van der Waals surface area contributed by atoms with Crippen molar-refractivity contribution in [1.29, 1.82) is 0 Å². The number of para-hydroxylation sites is 1. The molecule has 0 atom stereocenters. The van der Waals surface area contributed by atoms with Crippen LogP contribution in [0.1, 0.15) is 29.5 Å². The SMILES string of the molecule is NC(=NCc1cccc2c1OCO2)Nc1cccc2c1CCCC2. The summed E-state index contributed by atoms with van der Waals surface area (Å²) in [7, 11) is 0. The van der Waals surface area contributed by atoms with Crippen LogP contribution in [0.2, 0.25) is 0 Å². The average Bonchev–Trinajstić information content (AvgIpc) is 3.09. The molecular formula is C19H21N3O2. The highest BCUT2D eigenvalue weighted by Crippen LogP contribution is 2.35. The Morgan fingerprint density at radius 3 is 2.92 bits per heavy atom. The fraction of sp³-hybridized carbons (Fsp3) is 0.316. The topological polar surface area (TPSA) is 68.9 Å².